The van der Waals surface area contributed by atoms with Crippen molar-refractivity contribution in [1.29, 1.82) is 0 Å². The number of ether oxygens (including phenoxy) is 9. The first-order valence-corrected chi connectivity index (χ1v) is 23.8. The molecule has 3 fully saturated rings. The first kappa shape index (κ1) is 56.8. The average Bonchev–Trinajstić information content (AvgIpc) is 3.51. The third kappa shape index (κ3) is 12.8. The van der Waals surface area contributed by atoms with E-state index in [1.807, 2.05) is 0 Å². The van der Waals surface area contributed by atoms with Crippen molar-refractivity contribution in [2.45, 2.75) is 92.1 Å². The quantitative estimate of drug-likeness (QED) is 0.0244. The Hall–Kier alpha value is -7.41. The van der Waals surface area contributed by atoms with Gasteiger partial charge in [-0.05, 0) is 71.8 Å². The summed E-state index contributed by atoms with van der Waals surface area (Å²) < 4.78 is 57.8. The number of aromatic hydroxyl groups is 5. The van der Waals surface area contributed by atoms with E-state index in [0.717, 1.165) is 30.4 Å². The molecule has 8 rings (SSSR count). The van der Waals surface area contributed by atoms with E-state index >= 15 is 0 Å². The minimum atomic E-state index is -2.14. The van der Waals surface area contributed by atoms with Gasteiger partial charge in [-0.2, -0.15) is 0 Å². The molecule has 3 aliphatic heterocycles. The number of phenols is 5. The van der Waals surface area contributed by atoms with E-state index < -0.39 is 141 Å². The third-order valence-electron chi connectivity index (χ3n) is 12.7. The van der Waals surface area contributed by atoms with Crippen molar-refractivity contribution in [1.82, 2.24) is 0 Å². The van der Waals surface area contributed by atoms with Gasteiger partial charge in [0.2, 0.25) is 18.3 Å². The highest BCUT2D eigenvalue weighted by molar-refractivity contribution is 5.89. The Bertz CT molecular complexity index is 2970. The molecular formula is C52H55O26+. The minimum absolute atomic E-state index is 0.0754. The molecule has 0 amide bonds. The lowest BCUT2D eigenvalue weighted by atomic mass is 9.97. The lowest BCUT2D eigenvalue weighted by Gasteiger charge is -2.45. The van der Waals surface area contributed by atoms with Crippen LogP contribution < -0.4 is 14.2 Å². The van der Waals surface area contributed by atoms with Gasteiger partial charge in [-0.3, -0.25) is 0 Å². The number of hydrogen-bond acceptors (Lipinski definition) is 25. The SMILES string of the molecule is COc1cc(/C=C/C(=O)OC[C@@H]2O[C@@H](O[C@H]3[C@H](Oc4cc5c(O[C@@H]6O[C@H](CO)[C@@H](O)[C@H](O)[C@H]6O)cc(O)cc5[o+]c4-c4ccc(O)cc4)O[C@H](COC(=O)/C=C/c4ccc(O)c(O)c4)[C@@H](O)[C@@H]3O)[C@@H](O)[C@@H](O)[C@@H]2O)ccc1O. The Kier molecular flexibility index (Phi) is 17.8. The van der Waals surface area contributed by atoms with Gasteiger partial charge in [0.25, 0.3) is 0 Å². The predicted molar refractivity (Wildman–Crippen MR) is 261 cm³/mol. The van der Waals surface area contributed by atoms with Crippen molar-refractivity contribution < 1.29 is 128 Å². The Morgan fingerprint density at radius 1 is 0.538 bits per heavy atom. The van der Waals surface area contributed by atoms with Gasteiger partial charge in [-0.1, -0.05) is 12.1 Å². The molecule has 4 heterocycles. The minimum Gasteiger partial charge on any atom is -0.508 e. The van der Waals surface area contributed by atoms with E-state index in [-0.39, 0.29) is 56.6 Å². The van der Waals surface area contributed by atoms with Crippen molar-refractivity contribution >= 4 is 35.1 Å². The summed E-state index contributed by atoms with van der Waals surface area (Å²) in [7, 11) is 1.33. The average molecular weight is 1100 g/mol. The molecule has 78 heavy (non-hydrogen) atoms. The lowest BCUT2D eigenvalue weighted by molar-refractivity contribution is -0.358. The number of carbonyl (C=O) groups is 2. The van der Waals surface area contributed by atoms with Crippen LogP contribution >= 0.6 is 0 Å². The van der Waals surface area contributed by atoms with Crippen LogP contribution in [0.2, 0.25) is 0 Å². The lowest BCUT2D eigenvalue weighted by Crippen LogP contribution is -2.65. The number of fused-ring (bicyclic) bond motifs is 1. The fourth-order valence-electron chi connectivity index (χ4n) is 8.38. The van der Waals surface area contributed by atoms with Crippen LogP contribution in [-0.2, 0) is 38.0 Å². The largest absolute Gasteiger partial charge is 0.508 e. The predicted octanol–water partition coefficient (Wildman–Crippen LogP) is -0.372. The number of phenolic OH excluding ortho intramolecular Hbond substituents is 5. The Morgan fingerprint density at radius 3 is 1.71 bits per heavy atom. The number of esters is 2. The van der Waals surface area contributed by atoms with Gasteiger partial charge in [-0.15, -0.1) is 0 Å². The Balaban J connectivity index is 1.11. The summed E-state index contributed by atoms with van der Waals surface area (Å²) in [6.07, 6.45) is -23.9. The van der Waals surface area contributed by atoms with Gasteiger partial charge in [-0.25, -0.2) is 14.0 Å². The zero-order chi connectivity index (χ0) is 56.1. The highest BCUT2D eigenvalue weighted by Crippen LogP contribution is 2.43. The van der Waals surface area contributed by atoms with Gasteiger partial charge < -0.3 is 114 Å². The molecule has 418 valence electrons. The fraction of sp³-hybridized carbons (Fsp3) is 0.365. The zero-order valence-corrected chi connectivity index (χ0v) is 40.8. The summed E-state index contributed by atoms with van der Waals surface area (Å²) in [6, 6.07) is 16.7. The van der Waals surface area contributed by atoms with Crippen LogP contribution in [0.15, 0.2) is 95.4 Å². The van der Waals surface area contributed by atoms with Gasteiger partial charge in [0.1, 0.15) is 103 Å². The van der Waals surface area contributed by atoms with Crippen molar-refractivity contribution in [2.75, 3.05) is 26.9 Å². The summed E-state index contributed by atoms with van der Waals surface area (Å²) >= 11 is 0. The molecule has 5 aromatic rings. The molecule has 26 heteroatoms. The van der Waals surface area contributed by atoms with E-state index in [0.29, 0.717) is 5.56 Å². The summed E-state index contributed by atoms with van der Waals surface area (Å²) in [6.45, 7) is -2.36. The maximum atomic E-state index is 13.0. The number of carbonyl (C=O) groups excluding carboxylic acids is 2. The van der Waals surface area contributed by atoms with Crippen LogP contribution in [0.1, 0.15) is 11.1 Å². The second-order valence-electron chi connectivity index (χ2n) is 18.0. The molecule has 14 N–H and O–H groups in total. The van der Waals surface area contributed by atoms with Gasteiger partial charge in [0, 0.05) is 24.3 Å². The molecule has 1 aromatic heterocycles. The molecule has 0 spiro atoms. The second kappa shape index (κ2) is 24.5. The van der Waals surface area contributed by atoms with Crippen molar-refractivity contribution in [3.8, 4) is 57.3 Å². The van der Waals surface area contributed by atoms with Gasteiger partial charge in [0.05, 0.1) is 25.3 Å². The summed E-state index contributed by atoms with van der Waals surface area (Å²) in [5, 5.41) is 148. The van der Waals surface area contributed by atoms with Crippen molar-refractivity contribution in [3.63, 3.8) is 0 Å². The van der Waals surface area contributed by atoms with E-state index in [1.165, 1.54) is 79.9 Å². The van der Waals surface area contributed by atoms with E-state index in [1.54, 1.807) is 0 Å². The van der Waals surface area contributed by atoms with Crippen LogP contribution in [0, 0.1) is 0 Å². The van der Waals surface area contributed by atoms with E-state index in [4.69, 9.17) is 47.0 Å². The maximum Gasteiger partial charge on any atom is 0.402 e. The number of rotatable bonds is 17. The molecular weight excluding hydrogens is 1040 g/mol. The zero-order valence-electron chi connectivity index (χ0n) is 40.8. The first-order valence-electron chi connectivity index (χ1n) is 23.8. The van der Waals surface area contributed by atoms with Gasteiger partial charge >= 0.3 is 23.3 Å². The fourth-order valence-corrected chi connectivity index (χ4v) is 8.38. The molecule has 3 aliphatic rings. The number of methoxy groups -OCH3 is 1. The molecule has 0 saturated carbocycles. The van der Waals surface area contributed by atoms with Crippen molar-refractivity contribution in [3.05, 3.63) is 102 Å². The molecule has 3 saturated heterocycles. The Labute approximate surface area is 440 Å². The number of aliphatic hydroxyl groups excluding tert-OH is 9. The van der Waals surface area contributed by atoms with Crippen LogP contribution in [0.4, 0.5) is 0 Å². The highest BCUT2D eigenvalue weighted by Gasteiger charge is 2.53. The van der Waals surface area contributed by atoms with E-state index in [9.17, 15) is 81.1 Å². The van der Waals surface area contributed by atoms with Gasteiger partial charge in [0.15, 0.2) is 35.4 Å². The smallest absolute Gasteiger partial charge is 0.402 e. The second-order valence-corrected chi connectivity index (χ2v) is 18.0. The first-order chi connectivity index (χ1) is 37.2. The van der Waals surface area contributed by atoms with Crippen LogP contribution in [0.3, 0.4) is 0 Å². The molecule has 0 bridgehead atoms. The summed E-state index contributed by atoms with van der Waals surface area (Å²) in [5.74, 6) is -4.41. The molecule has 26 nitrogen and oxygen atoms in total. The normalized spacial score (nSPS) is 29.3. The molecule has 0 unspecified atom stereocenters. The van der Waals surface area contributed by atoms with Crippen LogP contribution in [0.5, 0.6) is 46.0 Å². The maximum absolute atomic E-state index is 13.0. The highest BCUT2D eigenvalue weighted by atomic mass is 16.8. The standard InChI is InChI=1S/C52H54O26/c1-69-33-15-23(3-11-29(33)57)5-13-39(60)70-20-36-41(62)44(65)47(68)51(76-36)78-49-45(66)42(63)37(21-71-38(59)12-4-22-2-10-28(56)30(58)14-22)77-52(49)74-34-18-27-31(72-48(34)24-6-8-25(54)9-7-24)16-26(55)17-32(27)73-50-46(67)43(64)40(61)35(19-53)75-50/h2-18,35-37,40-47,49-53,61-68H,19-21H2,1H3,(H4-,54,55,56,57,58,59,60)/p+1/t35-,36+,37-,40-,41-,42-,43+,44+,45+,46-,47+,49-,50-,51+,52-/m1/s1. The number of hydrogen-bond donors (Lipinski definition) is 14. The molecule has 15 atom stereocenters. The van der Waals surface area contributed by atoms with Crippen LogP contribution in [0.25, 0.3) is 34.4 Å². The molecule has 0 radical (unpaired) electrons. The summed E-state index contributed by atoms with van der Waals surface area (Å²) in [4.78, 5) is 25.8. The molecule has 0 aliphatic carbocycles. The Morgan fingerprint density at radius 2 is 1.09 bits per heavy atom. The van der Waals surface area contributed by atoms with E-state index in [2.05, 4.69) is 0 Å². The van der Waals surface area contributed by atoms with Crippen LogP contribution in [-0.4, -0.2) is 202 Å². The number of aliphatic hydroxyl groups is 9. The third-order valence-corrected chi connectivity index (χ3v) is 12.7. The molecule has 4 aromatic carbocycles. The van der Waals surface area contributed by atoms with Crippen molar-refractivity contribution in [2.24, 2.45) is 0 Å². The summed E-state index contributed by atoms with van der Waals surface area (Å²) in [5.41, 5.74) is 0.729. The topological polar surface area (TPSA) is 412 Å². The number of benzene rings is 4. The monoisotopic (exact) mass is 1100 g/mol.